The van der Waals surface area contributed by atoms with Gasteiger partial charge < -0.3 is 19.7 Å². The van der Waals surface area contributed by atoms with Gasteiger partial charge in [0.15, 0.2) is 17.2 Å². The van der Waals surface area contributed by atoms with E-state index < -0.39 is 11.9 Å². The van der Waals surface area contributed by atoms with Gasteiger partial charge in [-0.3, -0.25) is 9.30 Å². The highest BCUT2D eigenvalue weighted by molar-refractivity contribution is 5.91. The topological polar surface area (TPSA) is 122 Å². The van der Waals surface area contributed by atoms with Crippen molar-refractivity contribution in [2.24, 2.45) is 0 Å². The molecule has 0 radical (unpaired) electrons. The van der Waals surface area contributed by atoms with Crippen molar-refractivity contribution in [2.45, 2.75) is 19.4 Å². The van der Waals surface area contributed by atoms with E-state index in [1.807, 2.05) is 0 Å². The van der Waals surface area contributed by atoms with Gasteiger partial charge in [-0.1, -0.05) is 0 Å². The number of aromatic hydroxyl groups is 1. The molecular weight excluding hydrogens is 445 g/mol. The van der Waals surface area contributed by atoms with E-state index in [2.05, 4.69) is 15.2 Å². The number of amides is 1. The van der Waals surface area contributed by atoms with E-state index in [9.17, 15) is 19.4 Å². The molecule has 0 saturated carbocycles. The van der Waals surface area contributed by atoms with Crippen LogP contribution >= 0.6 is 0 Å². The second-order valence-electron chi connectivity index (χ2n) is 8.20. The summed E-state index contributed by atoms with van der Waals surface area (Å²) >= 11 is 0. The van der Waals surface area contributed by atoms with Crippen molar-refractivity contribution in [1.29, 1.82) is 0 Å². The first-order valence-corrected chi connectivity index (χ1v) is 10.5. The molecule has 172 valence electrons. The Hall–Kier alpha value is -4.41. The number of rotatable bonds is 1. The van der Waals surface area contributed by atoms with Crippen LogP contribution in [0.1, 0.15) is 22.7 Å². The summed E-state index contributed by atoms with van der Waals surface area (Å²) < 4.78 is 28.4. The molecule has 0 fully saturated rings. The molecule has 5 heterocycles. The maximum absolute atomic E-state index is 15.0. The summed E-state index contributed by atoms with van der Waals surface area (Å²) in [5.74, 6) is 0.0667. The number of anilines is 1. The molecule has 3 aromatic heterocycles. The number of aryl methyl sites for hydroxylation is 1. The van der Waals surface area contributed by atoms with Gasteiger partial charge in [-0.25, -0.2) is 14.2 Å². The number of hydrogen-bond donors (Lipinski definition) is 2. The zero-order valence-corrected chi connectivity index (χ0v) is 17.9. The van der Waals surface area contributed by atoms with E-state index in [4.69, 9.17) is 9.47 Å². The lowest BCUT2D eigenvalue weighted by molar-refractivity contribution is 0.200. The molecule has 0 saturated heterocycles. The number of benzene rings is 1. The van der Waals surface area contributed by atoms with Gasteiger partial charge in [0.25, 0.3) is 0 Å². The molecule has 2 N–H and O–H groups in total. The van der Waals surface area contributed by atoms with Crippen molar-refractivity contribution >= 4 is 17.6 Å². The fourth-order valence-corrected chi connectivity index (χ4v) is 4.69. The van der Waals surface area contributed by atoms with Crippen molar-refractivity contribution in [3.8, 4) is 28.5 Å². The van der Waals surface area contributed by atoms with Gasteiger partial charge in [-0.15, -0.1) is 10.2 Å². The van der Waals surface area contributed by atoms with Crippen molar-refractivity contribution < 1.29 is 28.9 Å². The van der Waals surface area contributed by atoms with Crippen LogP contribution in [0.25, 0.3) is 16.8 Å². The molecule has 11 heteroatoms. The minimum Gasteiger partial charge on any atom is -0.493 e. The maximum atomic E-state index is 15.0. The van der Waals surface area contributed by atoms with E-state index in [-0.39, 0.29) is 42.1 Å². The summed E-state index contributed by atoms with van der Waals surface area (Å²) in [6.45, 7) is 1.96. The van der Waals surface area contributed by atoms with Crippen molar-refractivity contribution in [1.82, 2.24) is 19.6 Å². The molecule has 10 nitrogen and oxygen atoms in total. The summed E-state index contributed by atoms with van der Waals surface area (Å²) in [6, 6.07) is 7.67. The molecule has 1 atom stereocenters. The Morgan fingerprint density at radius 2 is 1.94 bits per heavy atom. The van der Waals surface area contributed by atoms with Gasteiger partial charge in [-0.05, 0) is 31.2 Å². The van der Waals surface area contributed by atoms with E-state index in [1.165, 1.54) is 22.9 Å². The van der Waals surface area contributed by atoms with Crippen LogP contribution in [-0.4, -0.2) is 49.1 Å². The molecule has 1 aromatic carbocycles. The van der Waals surface area contributed by atoms with Crippen LogP contribution in [0.15, 0.2) is 36.7 Å². The number of fused-ring (bicyclic) bond motifs is 3. The smallest absolute Gasteiger partial charge is 0.413 e. The Bertz CT molecular complexity index is 1490. The minimum atomic E-state index is -1.29. The standard InChI is InChI=1S/C23H18FN5O5/c1-11-13(2-5-19(30)26-11)14-6-18-22(29-10-25-27-21(14)29)28(23(31)32)7-15-16(24)3-4-17-20(15)12(8-33-17)9-34-18/h2-6,10,12H,7-9H2,1H3,(H,26,30)(H,31,32)/t12-/m0/s1. The van der Waals surface area contributed by atoms with Crippen LogP contribution in [-0.2, 0) is 6.54 Å². The molecule has 0 unspecified atom stereocenters. The lowest BCUT2D eigenvalue weighted by atomic mass is 9.95. The molecule has 0 bridgehead atoms. The zero-order chi connectivity index (χ0) is 23.6. The Labute approximate surface area is 191 Å². The molecule has 4 aromatic rings. The fraction of sp³-hybridized carbons (Fsp3) is 0.217. The molecule has 0 spiro atoms. The van der Waals surface area contributed by atoms with Gasteiger partial charge in [-0.2, -0.15) is 0 Å². The van der Waals surface area contributed by atoms with Gasteiger partial charge >= 0.3 is 6.09 Å². The Kier molecular flexibility index (Phi) is 4.34. The first kappa shape index (κ1) is 20.2. The van der Waals surface area contributed by atoms with Crippen LogP contribution in [0.2, 0.25) is 0 Å². The van der Waals surface area contributed by atoms with E-state index >= 15 is 0 Å². The van der Waals surface area contributed by atoms with E-state index in [0.717, 1.165) is 4.90 Å². The third-order valence-electron chi connectivity index (χ3n) is 6.22. The van der Waals surface area contributed by atoms with Crippen LogP contribution in [0.3, 0.4) is 0 Å². The van der Waals surface area contributed by atoms with Crippen LogP contribution in [0, 0.1) is 12.7 Å². The van der Waals surface area contributed by atoms with E-state index in [1.54, 1.807) is 25.1 Å². The van der Waals surface area contributed by atoms with Crippen molar-refractivity contribution in [2.75, 3.05) is 18.1 Å². The van der Waals surface area contributed by atoms with Gasteiger partial charge in [0.1, 0.15) is 17.9 Å². The number of hydrogen-bond acceptors (Lipinski definition) is 7. The minimum absolute atomic E-state index is 0.119. The Morgan fingerprint density at radius 3 is 2.71 bits per heavy atom. The second kappa shape index (κ2) is 7.30. The molecule has 0 aliphatic carbocycles. The number of carbonyl (C=O) groups is 1. The maximum Gasteiger partial charge on any atom is 0.413 e. The SMILES string of the molecule is Cc1nc(O)ccc1-c1cc2c(n3cnnc13)N(C(=O)O)Cc1c(F)ccc3c1[C@@H](CO3)CO2. The first-order valence-electron chi connectivity index (χ1n) is 10.5. The fourth-order valence-electron chi connectivity index (χ4n) is 4.69. The highest BCUT2D eigenvalue weighted by atomic mass is 19.1. The number of aromatic nitrogens is 4. The number of pyridine rings is 2. The second-order valence-corrected chi connectivity index (χ2v) is 8.20. The summed E-state index contributed by atoms with van der Waals surface area (Å²) in [7, 11) is 0. The average Bonchev–Trinajstić information content (AvgIpc) is 3.45. The third-order valence-corrected chi connectivity index (χ3v) is 6.22. The zero-order valence-electron chi connectivity index (χ0n) is 17.9. The Balaban J connectivity index is 1.61. The number of ether oxygens (including phenoxy) is 2. The monoisotopic (exact) mass is 463 g/mol. The lowest BCUT2D eigenvalue weighted by Gasteiger charge is -2.24. The lowest BCUT2D eigenvalue weighted by Crippen LogP contribution is -2.31. The normalized spacial score (nSPS) is 16.6. The number of halogens is 1. The van der Waals surface area contributed by atoms with Crippen LogP contribution in [0.5, 0.6) is 17.4 Å². The summed E-state index contributed by atoms with van der Waals surface area (Å²) in [5.41, 5.74) is 3.06. The highest BCUT2D eigenvalue weighted by Crippen LogP contribution is 2.43. The molecule has 2 aliphatic rings. The molecule has 34 heavy (non-hydrogen) atoms. The van der Waals surface area contributed by atoms with Gasteiger partial charge in [0.05, 0.1) is 25.7 Å². The van der Waals surface area contributed by atoms with Crippen LogP contribution in [0.4, 0.5) is 15.0 Å². The summed E-state index contributed by atoms with van der Waals surface area (Å²) in [6.07, 6.45) is 0.0995. The largest absolute Gasteiger partial charge is 0.493 e. The van der Waals surface area contributed by atoms with Gasteiger partial charge in [0, 0.05) is 34.0 Å². The Morgan fingerprint density at radius 1 is 1.15 bits per heavy atom. The molecular formula is C23H18FN5O5. The third kappa shape index (κ3) is 2.93. The van der Waals surface area contributed by atoms with Crippen LogP contribution < -0.4 is 14.4 Å². The first-order chi connectivity index (χ1) is 16.4. The summed E-state index contributed by atoms with van der Waals surface area (Å²) in [4.78, 5) is 17.6. The number of nitrogens with zero attached hydrogens (tertiary/aromatic N) is 5. The predicted octanol–water partition coefficient (Wildman–Crippen LogP) is 3.50. The summed E-state index contributed by atoms with van der Waals surface area (Å²) in [5, 5.41) is 28.1. The van der Waals surface area contributed by atoms with E-state index in [0.29, 0.717) is 40.4 Å². The van der Waals surface area contributed by atoms with Crippen molar-refractivity contribution in [3.05, 3.63) is 59.3 Å². The number of carboxylic acid groups (broad SMARTS) is 1. The molecule has 2 aliphatic heterocycles. The van der Waals surface area contributed by atoms with Crippen molar-refractivity contribution in [3.63, 3.8) is 0 Å². The molecule has 1 amide bonds. The molecule has 6 rings (SSSR count). The average molecular weight is 463 g/mol. The van der Waals surface area contributed by atoms with Gasteiger partial charge in [0.2, 0.25) is 5.88 Å². The quantitative estimate of drug-likeness (QED) is 0.440. The highest BCUT2D eigenvalue weighted by Gasteiger charge is 2.35. The predicted molar refractivity (Wildman–Crippen MR) is 117 cm³/mol.